The molecule has 0 spiro atoms. The third-order valence-electron chi connectivity index (χ3n) is 3.41. The van der Waals surface area contributed by atoms with Crippen molar-refractivity contribution in [2.45, 2.75) is 26.9 Å². The number of pyridine rings is 1. The molecule has 0 aliphatic carbocycles. The molecule has 0 aliphatic heterocycles. The molecule has 20 heavy (non-hydrogen) atoms. The van der Waals surface area contributed by atoms with E-state index in [-0.39, 0.29) is 0 Å². The molecule has 4 heteroatoms. The van der Waals surface area contributed by atoms with Crippen LogP contribution in [-0.2, 0) is 13.1 Å². The number of nitrogens with two attached hydrogens (primary N) is 1. The molecule has 1 heterocycles. The Balaban J connectivity index is 1.98. The largest absolute Gasteiger partial charge is 0.366 e. The smallest absolute Gasteiger partial charge is 0.248 e. The van der Waals surface area contributed by atoms with Crippen LogP contribution in [0.3, 0.4) is 0 Å². The van der Waals surface area contributed by atoms with E-state index in [1.165, 1.54) is 11.1 Å². The molecule has 1 amide bonds. The second-order valence-electron chi connectivity index (χ2n) is 4.91. The van der Waals surface area contributed by atoms with Gasteiger partial charge in [0.1, 0.15) is 0 Å². The first kappa shape index (κ1) is 14.2. The summed E-state index contributed by atoms with van der Waals surface area (Å²) in [7, 11) is 0. The van der Waals surface area contributed by atoms with E-state index < -0.39 is 5.91 Å². The maximum Gasteiger partial charge on any atom is 0.248 e. The molecule has 0 radical (unpaired) electrons. The minimum atomic E-state index is -0.390. The molecular formula is C16H19N3O. The van der Waals surface area contributed by atoms with E-state index in [9.17, 15) is 4.79 Å². The van der Waals surface area contributed by atoms with Gasteiger partial charge >= 0.3 is 0 Å². The Morgan fingerprint density at radius 1 is 1.15 bits per heavy atom. The zero-order chi connectivity index (χ0) is 14.5. The number of carbonyl (C=O) groups is 1. The van der Waals surface area contributed by atoms with Crippen molar-refractivity contribution in [2.75, 3.05) is 0 Å². The zero-order valence-corrected chi connectivity index (χ0v) is 11.8. The highest BCUT2D eigenvalue weighted by Gasteiger charge is 2.04. The number of aryl methyl sites for hydroxylation is 2. The Morgan fingerprint density at radius 3 is 2.55 bits per heavy atom. The van der Waals surface area contributed by atoms with E-state index >= 15 is 0 Å². The van der Waals surface area contributed by atoms with Crippen LogP contribution in [0.2, 0.25) is 0 Å². The van der Waals surface area contributed by atoms with Crippen LogP contribution in [0.1, 0.15) is 32.6 Å². The highest BCUT2D eigenvalue weighted by Crippen LogP contribution is 2.11. The molecule has 0 atom stereocenters. The lowest BCUT2D eigenvalue weighted by Gasteiger charge is -2.10. The molecule has 4 nitrogen and oxygen atoms in total. The summed E-state index contributed by atoms with van der Waals surface area (Å²) in [4.78, 5) is 15.2. The zero-order valence-electron chi connectivity index (χ0n) is 11.8. The molecule has 0 bridgehead atoms. The molecule has 3 N–H and O–H groups in total. The number of amides is 1. The predicted molar refractivity (Wildman–Crippen MR) is 79.2 cm³/mol. The van der Waals surface area contributed by atoms with Gasteiger partial charge in [-0.1, -0.05) is 6.07 Å². The number of aromatic nitrogens is 1. The Kier molecular flexibility index (Phi) is 4.48. The van der Waals surface area contributed by atoms with Crippen molar-refractivity contribution >= 4 is 5.91 Å². The molecule has 0 unspecified atom stereocenters. The second kappa shape index (κ2) is 6.30. The molecule has 2 aromatic rings. The summed E-state index contributed by atoms with van der Waals surface area (Å²) in [6.07, 6.45) is 3.68. The molecule has 1 aromatic carbocycles. The fraction of sp³-hybridized carbons (Fsp3) is 0.250. The van der Waals surface area contributed by atoms with Crippen molar-refractivity contribution in [3.05, 3.63) is 64.5 Å². The van der Waals surface area contributed by atoms with Gasteiger partial charge in [-0.15, -0.1) is 0 Å². The van der Waals surface area contributed by atoms with E-state index in [4.69, 9.17) is 5.73 Å². The van der Waals surface area contributed by atoms with Crippen molar-refractivity contribution in [3.8, 4) is 0 Å². The van der Waals surface area contributed by atoms with E-state index in [1.807, 2.05) is 31.3 Å². The maximum atomic E-state index is 11.1. The van der Waals surface area contributed by atoms with Crippen LogP contribution >= 0.6 is 0 Å². The number of nitrogens with one attached hydrogen (secondary N) is 1. The lowest BCUT2D eigenvalue weighted by Crippen LogP contribution is -2.15. The van der Waals surface area contributed by atoms with Crippen LogP contribution in [0.25, 0.3) is 0 Å². The topological polar surface area (TPSA) is 68.0 Å². The van der Waals surface area contributed by atoms with Crippen molar-refractivity contribution in [1.82, 2.24) is 10.3 Å². The Labute approximate surface area is 119 Å². The van der Waals surface area contributed by atoms with E-state index in [0.717, 1.165) is 24.2 Å². The minimum Gasteiger partial charge on any atom is -0.366 e. The molecule has 104 valence electrons. The van der Waals surface area contributed by atoms with Crippen molar-refractivity contribution in [3.63, 3.8) is 0 Å². The Bertz CT molecular complexity index is 623. The summed E-state index contributed by atoms with van der Waals surface area (Å²) in [5, 5.41) is 3.39. The summed E-state index contributed by atoms with van der Waals surface area (Å²) in [6, 6.07) is 7.54. The second-order valence-corrected chi connectivity index (χ2v) is 4.91. The number of carbonyl (C=O) groups excluding carboxylic acids is 1. The summed E-state index contributed by atoms with van der Waals surface area (Å²) < 4.78 is 0. The standard InChI is InChI=1S/C16H19N3O/c1-11-5-6-18-9-15(11)10-19-8-14-4-3-13(16(17)20)7-12(14)2/h3-7,9,19H,8,10H2,1-2H3,(H2,17,20). The summed E-state index contributed by atoms with van der Waals surface area (Å²) in [5.41, 5.74) is 10.5. The van der Waals surface area contributed by atoms with Crippen molar-refractivity contribution < 1.29 is 4.79 Å². The molecule has 2 rings (SSSR count). The predicted octanol–water partition coefficient (Wildman–Crippen LogP) is 2.09. The van der Waals surface area contributed by atoms with Gasteiger partial charge in [-0.2, -0.15) is 0 Å². The Morgan fingerprint density at radius 2 is 1.90 bits per heavy atom. The first-order valence-electron chi connectivity index (χ1n) is 6.57. The monoisotopic (exact) mass is 269 g/mol. The van der Waals surface area contributed by atoms with Crippen LogP contribution in [0.4, 0.5) is 0 Å². The van der Waals surface area contributed by atoms with E-state index in [0.29, 0.717) is 5.56 Å². The highest BCUT2D eigenvalue weighted by atomic mass is 16.1. The first-order valence-corrected chi connectivity index (χ1v) is 6.57. The maximum absolute atomic E-state index is 11.1. The summed E-state index contributed by atoms with van der Waals surface area (Å²) in [6.45, 7) is 5.58. The molecule has 0 aliphatic rings. The third-order valence-corrected chi connectivity index (χ3v) is 3.41. The minimum absolute atomic E-state index is 0.390. The molecular weight excluding hydrogens is 250 g/mol. The summed E-state index contributed by atoms with van der Waals surface area (Å²) in [5.74, 6) is -0.390. The van der Waals surface area contributed by atoms with Gasteiger partial charge in [0.2, 0.25) is 5.91 Å². The summed E-state index contributed by atoms with van der Waals surface area (Å²) >= 11 is 0. The molecule has 0 saturated heterocycles. The lowest BCUT2D eigenvalue weighted by molar-refractivity contribution is 0.1000. The molecule has 0 saturated carbocycles. The number of primary amides is 1. The average molecular weight is 269 g/mol. The number of hydrogen-bond donors (Lipinski definition) is 2. The van der Waals surface area contributed by atoms with Crippen LogP contribution in [0.15, 0.2) is 36.7 Å². The van der Waals surface area contributed by atoms with Crippen molar-refractivity contribution in [2.24, 2.45) is 5.73 Å². The van der Waals surface area contributed by atoms with E-state index in [2.05, 4.69) is 17.2 Å². The quantitative estimate of drug-likeness (QED) is 0.873. The van der Waals surface area contributed by atoms with Crippen LogP contribution in [-0.4, -0.2) is 10.9 Å². The lowest BCUT2D eigenvalue weighted by atomic mass is 10.0. The van der Waals surface area contributed by atoms with Gasteiger partial charge in [0.05, 0.1) is 0 Å². The van der Waals surface area contributed by atoms with Gasteiger partial charge in [0.25, 0.3) is 0 Å². The number of nitrogens with zero attached hydrogens (tertiary/aromatic N) is 1. The fourth-order valence-corrected chi connectivity index (χ4v) is 2.06. The van der Waals surface area contributed by atoms with Crippen molar-refractivity contribution in [1.29, 1.82) is 0 Å². The molecule has 1 aromatic heterocycles. The normalized spacial score (nSPS) is 10.5. The third kappa shape index (κ3) is 3.42. The van der Waals surface area contributed by atoms with Crippen LogP contribution in [0, 0.1) is 13.8 Å². The van der Waals surface area contributed by atoms with Gasteiger partial charge in [-0.25, -0.2) is 0 Å². The number of hydrogen-bond acceptors (Lipinski definition) is 3. The average Bonchev–Trinajstić information content (AvgIpc) is 2.42. The number of benzene rings is 1. The highest BCUT2D eigenvalue weighted by molar-refractivity contribution is 5.93. The van der Waals surface area contributed by atoms with Gasteiger partial charge in [0.15, 0.2) is 0 Å². The Hall–Kier alpha value is -2.20. The van der Waals surface area contributed by atoms with Crippen LogP contribution < -0.4 is 11.1 Å². The van der Waals surface area contributed by atoms with Gasteiger partial charge in [-0.3, -0.25) is 9.78 Å². The van der Waals surface area contributed by atoms with Gasteiger partial charge in [-0.05, 0) is 54.3 Å². The SMILES string of the molecule is Cc1cc(C(N)=O)ccc1CNCc1cnccc1C. The molecule has 0 fully saturated rings. The van der Waals surface area contributed by atoms with Crippen LogP contribution in [0.5, 0.6) is 0 Å². The van der Waals surface area contributed by atoms with Gasteiger partial charge < -0.3 is 11.1 Å². The first-order chi connectivity index (χ1) is 9.58. The van der Waals surface area contributed by atoms with E-state index in [1.54, 1.807) is 12.3 Å². The fourth-order valence-electron chi connectivity index (χ4n) is 2.06. The number of rotatable bonds is 5. The van der Waals surface area contributed by atoms with Gasteiger partial charge in [0, 0.05) is 31.0 Å².